The Morgan fingerprint density at radius 1 is 1.00 bits per heavy atom. The van der Waals surface area contributed by atoms with Gasteiger partial charge in [0.2, 0.25) is 5.91 Å². The van der Waals surface area contributed by atoms with Crippen molar-refractivity contribution in [2.24, 2.45) is 11.8 Å². The van der Waals surface area contributed by atoms with Gasteiger partial charge in [-0.25, -0.2) is 0 Å². The highest BCUT2D eigenvalue weighted by Gasteiger charge is 2.42. The van der Waals surface area contributed by atoms with Crippen LogP contribution in [0.2, 0.25) is 0 Å². The predicted molar refractivity (Wildman–Crippen MR) is 61.9 cm³/mol. The molecule has 2 rings (SSSR count). The standard InChI is InChI=1S/C13H20F3NO/c14-13(15,16)10-6-3-7-11(8-10)17-12(18)9-4-1-2-5-9/h9-11H,1-8H2,(H,17,18). The molecule has 2 aliphatic carbocycles. The third-order valence-electron chi connectivity index (χ3n) is 4.21. The van der Waals surface area contributed by atoms with Gasteiger partial charge in [-0.1, -0.05) is 19.3 Å². The Bertz CT molecular complexity index is 297. The zero-order valence-electron chi connectivity index (χ0n) is 10.4. The first-order valence-corrected chi connectivity index (χ1v) is 6.84. The lowest BCUT2D eigenvalue weighted by atomic mass is 9.85. The molecule has 104 valence electrons. The summed E-state index contributed by atoms with van der Waals surface area (Å²) in [5.41, 5.74) is 0. The Kier molecular flexibility index (Phi) is 4.17. The average Bonchev–Trinajstić information content (AvgIpc) is 2.81. The molecule has 5 heteroatoms. The number of carbonyl (C=O) groups is 1. The maximum absolute atomic E-state index is 12.6. The molecule has 0 aromatic rings. The van der Waals surface area contributed by atoms with Crippen molar-refractivity contribution in [3.63, 3.8) is 0 Å². The molecular formula is C13H20F3NO. The van der Waals surface area contributed by atoms with Crippen LogP contribution in [0, 0.1) is 11.8 Å². The predicted octanol–water partition coefficient (Wildman–Crippen LogP) is 3.41. The van der Waals surface area contributed by atoms with Crippen molar-refractivity contribution in [3.8, 4) is 0 Å². The topological polar surface area (TPSA) is 29.1 Å². The minimum Gasteiger partial charge on any atom is -0.353 e. The summed E-state index contributed by atoms with van der Waals surface area (Å²) in [6, 6.07) is -0.279. The Morgan fingerprint density at radius 3 is 2.28 bits per heavy atom. The molecule has 0 aromatic heterocycles. The van der Waals surface area contributed by atoms with Crippen LogP contribution in [0.5, 0.6) is 0 Å². The lowest BCUT2D eigenvalue weighted by Crippen LogP contribution is -2.43. The molecule has 0 bridgehead atoms. The van der Waals surface area contributed by atoms with Gasteiger partial charge in [0.25, 0.3) is 0 Å². The molecule has 0 saturated heterocycles. The lowest BCUT2D eigenvalue weighted by Gasteiger charge is -2.31. The van der Waals surface area contributed by atoms with Crippen molar-refractivity contribution in [1.82, 2.24) is 5.32 Å². The van der Waals surface area contributed by atoms with Gasteiger partial charge in [-0.3, -0.25) is 4.79 Å². The zero-order valence-corrected chi connectivity index (χ0v) is 10.4. The molecule has 0 aromatic carbocycles. The summed E-state index contributed by atoms with van der Waals surface area (Å²) in [6.45, 7) is 0. The highest BCUT2D eigenvalue weighted by molar-refractivity contribution is 5.79. The molecule has 2 atom stereocenters. The van der Waals surface area contributed by atoms with Crippen LogP contribution in [0.15, 0.2) is 0 Å². The van der Waals surface area contributed by atoms with E-state index in [0.717, 1.165) is 25.7 Å². The van der Waals surface area contributed by atoms with E-state index in [1.807, 2.05) is 0 Å². The number of nitrogens with one attached hydrogen (secondary N) is 1. The number of amides is 1. The molecule has 2 fully saturated rings. The number of rotatable bonds is 2. The largest absolute Gasteiger partial charge is 0.391 e. The Labute approximate surface area is 105 Å². The van der Waals surface area contributed by atoms with Gasteiger partial charge in [-0.2, -0.15) is 13.2 Å². The molecular weight excluding hydrogens is 243 g/mol. The van der Waals surface area contributed by atoms with Crippen LogP contribution in [0.4, 0.5) is 13.2 Å². The second-order valence-electron chi connectivity index (χ2n) is 5.59. The number of carbonyl (C=O) groups excluding carboxylic acids is 1. The molecule has 1 N–H and O–H groups in total. The van der Waals surface area contributed by atoms with Crippen molar-refractivity contribution in [1.29, 1.82) is 0 Å². The summed E-state index contributed by atoms with van der Waals surface area (Å²) < 4.78 is 37.9. The van der Waals surface area contributed by atoms with Crippen molar-refractivity contribution < 1.29 is 18.0 Å². The highest BCUT2D eigenvalue weighted by Crippen LogP contribution is 2.37. The van der Waals surface area contributed by atoms with E-state index in [4.69, 9.17) is 0 Å². The minimum absolute atomic E-state index is 0.0275. The molecule has 0 radical (unpaired) electrons. The van der Waals surface area contributed by atoms with Gasteiger partial charge in [0.15, 0.2) is 0 Å². The van der Waals surface area contributed by atoms with Crippen LogP contribution in [0.25, 0.3) is 0 Å². The smallest absolute Gasteiger partial charge is 0.353 e. The second-order valence-corrected chi connectivity index (χ2v) is 5.59. The lowest BCUT2D eigenvalue weighted by molar-refractivity contribution is -0.184. The van der Waals surface area contributed by atoms with Crippen molar-refractivity contribution in [2.75, 3.05) is 0 Å². The number of alkyl halides is 3. The molecule has 2 unspecified atom stereocenters. The van der Waals surface area contributed by atoms with E-state index in [2.05, 4.69) is 5.32 Å². The first kappa shape index (κ1) is 13.7. The van der Waals surface area contributed by atoms with Crippen LogP contribution >= 0.6 is 0 Å². The Morgan fingerprint density at radius 2 is 1.67 bits per heavy atom. The molecule has 2 nitrogen and oxygen atoms in total. The van der Waals surface area contributed by atoms with E-state index in [-0.39, 0.29) is 30.7 Å². The Balaban J connectivity index is 1.83. The quantitative estimate of drug-likeness (QED) is 0.812. The van der Waals surface area contributed by atoms with Crippen LogP contribution in [-0.2, 0) is 4.79 Å². The minimum atomic E-state index is -4.11. The van der Waals surface area contributed by atoms with Crippen LogP contribution < -0.4 is 5.32 Å². The molecule has 0 spiro atoms. The van der Waals surface area contributed by atoms with Crippen LogP contribution in [-0.4, -0.2) is 18.1 Å². The van der Waals surface area contributed by atoms with Gasteiger partial charge in [-0.05, 0) is 32.1 Å². The van der Waals surface area contributed by atoms with Crippen molar-refractivity contribution in [2.45, 2.75) is 63.6 Å². The SMILES string of the molecule is O=C(NC1CCCC(C(F)(F)F)C1)C1CCCC1. The third kappa shape index (κ3) is 3.39. The highest BCUT2D eigenvalue weighted by atomic mass is 19.4. The monoisotopic (exact) mass is 263 g/mol. The van der Waals surface area contributed by atoms with Crippen LogP contribution in [0.3, 0.4) is 0 Å². The second kappa shape index (κ2) is 5.49. The number of hydrogen-bond donors (Lipinski definition) is 1. The summed E-state index contributed by atoms with van der Waals surface area (Å²) in [4.78, 5) is 11.9. The maximum atomic E-state index is 12.6. The van der Waals surface area contributed by atoms with E-state index in [9.17, 15) is 18.0 Å². The third-order valence-corrected chi connectivity index (χ3v) is 4.21. The van der Waals surface area contributed by atoms with Gasteiger partial charge in [0.1, 0.15) is 0 Å². The average molecular weight is 263 g/mol. The van der Waals surface area contributed by atoms with E-state index >= 15 is 0 Å². The van der Waals surface area contributed by atoms with Gasteiger partial charge >= 0.3 is 6.18 Å². The fourth-order valence-corrected chi connectivity index (χ4v) is 3.13. The molecule has 1 amide bonds. The first-order chi connectivity index (χ1) is 8.47. The Hall–Kier alpha value is -0.740. The number of hydrogen-bond acceptors (Lipinski definition) is 1. The fraction of sp³-hybridized carbons (Fsp3) is 0.923. The summed E-state index contributed by atoms with van der Waals surface area (Å²) in [7, 11) is 0. The zero-order chi connectivity index (χ0) is 13.2. The molecule has 0 aliphatic heterocycles. The van der Waals surface area contributed by atoms with Crippen molar-refractivity contribution in [3.05, 3.63) is 0 Å². The van der Waals surface area contributed by atoms with Gasteiger partial charge < -0.3 is 5.32 Å². The molecule has 18 heavy (non-hydrogen) atoms. The van der Waals surface area contributed by atoms with Gasteiger partial charge in [-0.15, -0.1) is 0 Å². The molecule has 0 heterocycles. The molecule has 2 aliphatic rings. The number of halogens is 3. The van der Waals surface area contributed by atoms with E-state index in [0.29, 0.717) is 12.8 Å². The van der Waals surface area contributed by atoms with Crippen molar-refractivity contribution >= 4 is 5.91 Å². The summed E-state index contributed by atoms with van der Waals surface area (Å²) in [6.07, 6.45) is 1.30. The normalized spacial score (nSPS) is 30.4. The summed E-state index contributed by atoms with van der Waals surface area (Å²) in [5, 5.41) is 2.82. The van der Waals surface area contributed by atoms with E-state index in [1.165, 1.54) is 0 Å². The first-order valence-electron chi connectivity index (χ1n) is 6.84. The van der Waals surface area contributed by atoms with E-state index < -0.39 is 12.1 Å². The van der Waals surface area contributed by atoms with E-state index in [1.54, 1.807) is 0 Å². The van der Waals surface area contributed by atoms with Gasteiger partial charge in [0.05, 0.1) is 5.92 Å². The summed E-state index contributed by atoms with van der Waals surface area (Å²) >= 11 is 0. The maximum Gasteiger partial charge on any atom is 0.391 e. The van der Waals surface area contributed by atoms with Crippen LogP contribution in [0.1, 0.15) is 51.4 Å². The van der Waals surface area contributed by atoms with Gasteiger partial charge in [0, 0.05) is 12.0 Å². The molecule has 2 saturated carbocycles. The fourth-order valence-electron chi connectivity index (χ4n) is 3.13. The summed E-state index contributed by atoms with van der Waals surface area (Å²) in [5.74, 6) is -1.23.